The highest BCUT2D eigenvalue weighted by Gasteiger charge is 2.19. The van der Waals surface area contributed by atoms with Gasteiger partial charge in [0.25, 0.3) is 5.91 Å². The van der Waals surface area contributed by atoms with E-state index in [1.807, 2.05) is 22.9 Å². The first-order valence-electron chi connectivity index (χ1n) is 9.19. The molecular formula is C19H23N5OS. The molecule has 0 radical (unpaired) electrons. The van der Waals surface area contributed by atoms with E-state index in [1.54, 1.807) is 29.5 Å². The summed E-state index contributed by atoms with van der Waals surface area (Å²) >= 11 is 1.62. The van der Waals surface area contributed by atoms with Gasteiger partial charge in [-0.15, -0.1) is 16.4 Å². The Kier molecular flexibility index (Phi) is 4.97. The Bertz CT molecular complexity index is 863. The topological polar surface area (TPSA) is 63.9 Å². The lowest BCUT2D eigenvalue weighted by Crippen LogP contribution is -2.26. The second-order valence-electron chi connectivity index (χ2n) is 7.07. The van der Waals surface area contributed by atoms with E-state index in [1.165, 1.54) is 32.1 Å². The zero-order chi connectivity index (χ0) is 17.9. The molecule has 26 heavy (non-hydrogen) atoms. The van der Waals surface area contributed by atoms with Crippen LogP contribution in [-0.4, -0.2) is 37.8 Å². The van der Waals surface area contributed by atoms with Crippen LogP contribution in [0.5, 0.6) is 0 Å². The van der Waals surface area contributed by atoms with Gasteiger partial charge in [-0.1, -0.05) is 36.6 Å². The van der Waals surface area contributed by atoms with Crippen LogP contribution in [0, 0.1) is 5.92 Å². The van der Waals surface area contributed by atoms with E-state index in [4.69, 9.17) is 0 Å². The molecule has 0 saturated heterocycles. The largest absolute Gasteiger partial charge is 0.333 e. The highest BCUT2D eigenvalue weighted by atomic mass is 32.1. The van der Waals surface area contributed by atoms with Crippen LogP contribution in [-0.2, 0) is 13.1 Å². The van der Waals surface area contributed by atoms with Gasteiger partial charge in [-0.2, -0.15) is 0 Å². The fourth-order valence-corrected chi connectivity index (χ4v) is 4.60. The highest BCUT2D eigenvalue weighted by Crippen LogP contribution is 2.25. The second-order valence-corrected chi connectivity index (χ2v) is 8.18. The molecule has 3 aromatic rings. The Morgan fingerprint density at radius 3 is 2.88 bits per heavy atom. The maximum absolute atomic E-state index is 12.7. The first-order valence-corrected chi connectivity index (χ1v) is 10.0. The van der Waals surface area contributed by atoms with Crippen LogP contribution in [0.25, 0.3) is 10.2 Å². The van der Waals surface area contributed by atoms with Gasteiger partial charge in [0.15, 0.2) is 5.69 Å². The Labute approximate surface area is 156 Å². The van der Waals surface area contributed by atoms with Crippen LogP contribution in [0.15, 0.2) is 30.5 Å². The molecule has 0 unspecified atom stereocenters. The summed E-state index contributed by atoms with van der Waals surface area (Å²) in [7, 11) is 1.79. The summed E-state index contributed by atoms with van der Waals surface area (Å²) in [5, 5.41) is 9.18. The molecule has 2 heterocycles. The molecule has 2 aromatic heterocycles. The molecule has 1 aromatic carbocycles. The van der Waals surface area contributed by atoms with Crippen molar-refractivity contribution in [2.24, 2.45) is 5.92 Å². The average Bonchev–Trinajstić information content (AvgIpc) is 3.28. The summed E-state index contributed by atoms with van der Waals surface area (Å²) in [6, 6.07) is 8.03. The standard InChI is InChI=1S/C19H23N5OS/c1-23(13-18-20-15-9-5-6-10-17(15)26-18)19(25)16-12-24(22-21-16)11-14-7-3-2-4-8-14/h5-6,9-10,12,14H,2-4,7-8,11,13H2,1H3. The third-order valence-corrected chi connectivity index (χ3v) is 6.01. The van der Waals surface area contributed by atoms with Crippen molar-refractivity contribution in [1.82, 2.24) is 24.9 Å². The van der Waals surface area contributed by atoms with Crippen LogP contribution < -0.4 is 0 Å². The summed E-state index contributed by atoms with van der Waals surface area (Å²) in [4.78, 5) is 18.9. The van der Waals surface area contributed by atoms with Gasteiger partial charge >= 0.3 is 0 Å². The fourth-order valence-electron chi connectivity index (χ4n) is 3.58. The number of nitrogens with zero attached hydrogens (tertiary/aromatic N) is 5. The zero-order valence-electron chi connectivity index (χ0n) is 15.0. The lowest BCUT2D eigenvalue weighted by Gasteiger charge is -2.20. The summed E-state index contributed by atoms with van der Waals surface area (Å²) in [6.07, 6.45) is 8.23. The number of carbonyl (C=O) groups is 1. The number of rotatable bonds is 5. The van der Waals surface area contributed by atoms with Gasteiger partial charge in [0.2, 0.25) is 0 Å². The molecule has 0 aliphatic heterocycles. The molecule has 1 saturated carbocycles. The van der Waals surface area contributed by atoms with Gasteiger partial charge in [0, 0.05) is 13.6 Å². The SMILES string of the molecule is CN(Cc1nc2ccccc2s1)C(=O)c1cn(CC2CCCCC2)nn1. The van der Waals surface area contributed by atoms with E-state index in [0.29, 0.717) is 18.2 Å². The first-order chi connectivity index (χ1) is 12.7. The molecule has 0 bridgehead atoms. The number of para-hydroxylation sites is 1. The Morgan fingerprint density at radius 1 is 1.27 bits per heavy atom. The van der Waals surface area contributed by atoms with Gasteiger partial charge < -0.3 is 4.90 Å². The van der Waals surface area contributed by atoms with Crippen LogP contribution in [0.1, 0.15) is 47.6 Å². The van der Waals surface area contributed by atoms with E-state index in [2.05, 4.69) is 21.4 Å². The van der Waals surface area contributed by atoms with E-state index in [-0.39, 0.29) is 5.91 Å². The van der Waals surface area contributed by atoms with Crippen LogP contribution >= 0.6 is 11.3 Å². The fraction of sp³-hybridized carbons (Fsp3) is 0.474. The molecule has 1 aliphatic carbocycles. The van der Waals surface area contributed by atoms with Crippen LogP contribution in [0.4, 0.5) is 0 Å². The molecule has 1 fully saturated rings. The number of amides is 1. The third-order valence-electron chi connectivity index (χ3n) is 4.99. The third kappa shape index (κ3) is 3.77. The molecule has 136 valence electrons. The monoisotopic (exact) mass is 369 g/mol. The number of fused-ring (bicyclic) bond motifs is 1. The van der Waals surface area contributed by atoms with Crippen molar-refractivity contribution >= 4 is 27.5 Å². The van der Waals surface area contributed by atoms with Gasteiger partial charge in [-0.05, 0) is 30.9 Å². The van der Waals surface area contributed by atoms with Gasteiger partial charge in [-0.3, -0.25) is 9.48 Å². The van der Waals surface area contributed by atoms with Crippen molar-refractivity contribution in [2.75, 3.05) is 7.05 Å². The van der Waals surface area contributed by atoms with Crippen LogP contribution in [0.2, 0.25) is 0 Å². The average molecular weight is 369 g/mol. The highest BCUT2D eigenvalue weighted by molar-refractivity contribution is 7.18. The van der Waals surface area contributed by atoms with E-state index in [9.17, 15) is 4.79 Å². The van der Waals surface area contributed by atoms with Crippen molar-refractivity contribution in [1.29, 1.82) is 0 Å². The number of thiazole rings is 1. The summed E-state index contributed by atoms with van der Waals surface area (Å²) in [5.74, 6) is 0.549. The molecule has 0 atom stereocenters. The number of benzene rings is 1. The molecule has 1 amide bonds. The maximum atomic E-state index is 12.7. The molecule has 0 N–H and O–H groups in total. The minimum absolute atomic E-state index is 0.112. The number of hydrogen-bond donors (Lipinski definition) is 0. The van der Waals surface area contributed by atoms with E-state index < -0.39 is 0 Å². The first kappa shape index (κ1) is 17.1. The van der Waals surface area contributed by atoms with Gasteiger partial charge in [0.05, 0.1) is 23.0 Å². The van der Waals surface area contributed by atoms with Gasteiger partial charge in [-0.25, -0.2) is 4.98 Å². The minimum Gasteiger partial charge on any atom is -0.333 e. The molecule has 7 heteroatoms. The summed E-state index contributed by atoms with van der Waals surface area (Å²) in [6.45, 7) is 1.34. The molecule has 0 spiro atoms. The lowest BCUT2D eigenvalue weighted by atomic mass is 9.89. The molecule has 1 aliphatic rings. The Hall–Kier alpha value is -2.28. The molecule has 6 nitrogen and oxygen atoms in total. The number of hydrogen-bond acceptors (Lipinski definition) is 5. The zero-order valence-corrected chi connectivity index (χ0v) is 15.8. The Balaban J connectivity index is 1.40. The van der Waals surface area contributed by atoms with E-state index in [0.717, 1.165) is 21.8 Å². The predicted molar refractivity (Wildman–Crippen MR) is 102 cm³/mol. The van der Waals surface area contributed by atoms with Crippen molar-refractivity contribution in [3.8, 4) is 0 Å². The normalized spacial score (nSPS) is 15.4. The van der Waals surface area contributed by atoms with Gasteiger partial charge in [0.1, 0.15) is 5.01 Å². The van der Waals surface area contributed by atoms with Crippen LogP contribution in [0.3, 0.4) is 0 Å². The minimum atomic E-state index is -0.112. The quantitative estimate of drug-likeness (QED) is 0.687. The smallest absolute Gasteiger partial charge is 0.276 e. The molecular weight excluding hydrogens is 346 g/mol. The van der Waals surface area contributed by atoms with Crippen molar-refractivity contribution in [3.05, 3.63) is 41.2 Å². The Morgan fingerprint density at radius 2 is 2.08 bits per heavy atom. The van der Waals surface area contributed by atoms with Crippen molar-refractivity contribution < 1.29 is 4.79 Å². The van der Waals surface area contributed by atoms with E-state index >= 15 is 0 Å². The number of carbonyl (C=O) groups excluding carboxylic acids is 1. The second kappa shape index (κ2) is 7.53. The molecule has 4 rings (SSSR count). The van der Waals surface area contributed by atoms with Crippen molar-refractivity contribution in [3.63, 3.8) is 0 Å². The summed E-state index contributed by atoms with van der Waals surface area (Å²) in [5.41, 5.74) is 1.39. The lowest BCUT2D eigenvalue weighted by molar-refractivity contribution is 0.0779. The maximum Gasteiger partial charge on any atom is 0.276 e. The predicted octanol–water partition coefficient (Wildman–Crippen LogP) is 3.74. The summed E-state index contributed by atoms with van der Waals surface area (Å²) < 4.78 is 2.97. The van der Waals surface area contributed by atoms with Crippen molar-refractivity contribution in [2.45, 2.75) is 45.2 Å². The number of aromatic nitrogens is 4.